The first-order valence-electron chi connectivity index (χ1n) is 11.1. The Labute approximate surface area is 183 Å². The maximum atomic E-state index is 12.7. The maximum Gasteiger partial charge on any atom is 0.239 e. The Morgan fingerprint density at radius 3 is 2.16 bits per heavy atom. The third-order valence-electron chi connectivity index (χ3n) is 6.03. The maximum absolute atomic E-state index is 12.7. The first kappa shape index (κ1) is 21.5. The third kappa shape index (κ3) is 5.51. The first-order chi connectivity index (χ1) is 15.0. The second kappa shape index (κ2) is 9.62. The van der Waals surface area contributed by atoms with Crippen LogP contribution >= 0.6 is 0 Å². The molecule has 0 radical (unpaired) electrons. The number of hydrogen-bond donors (Lipinski definition) is 1. The number of hydrogen-bond acceptors (Lipinski definition) is 5. The molecule has 0 saturated carbocycles. The van der Waals surface area contributed by atoms with Gasteiger partial charge in [0.05, 0.1) is 24.5 Å². The zero-order valence-corrected chi connectivity index (χ0v) is 18.5. The van der Waals surface area contributed by atoms with Crippen molar-refractivity contribution in [3.8, 4) is 5.69 Å². The molecular formula is C23H32N6O2. The smallest absolute Gasteiger partial charge is 0.239 e. The molecule has 0 atom stereocenters. The highest BCUT2D eigenvalue weighted by molar-refractivity contribution is 5.91. The number of carbonyl (C=O) groups is 2. The Hall–Kier alpha value is -2.71. The number of amides is 2. The molecule has 4 rings (SSSR count). The van der Waals surface area contributed by atoms with Gasteiger partial charge in [-0.1, -0.05) is 17.7 Å². The Kier molecular flexibility index (Phi) is 6.67. The summed E-state index contributed by atoms with van der Waals surface area (Å²) in [5.74, 6) is 0.875. The first-order valence-corrected chi connectivity index (χ1v) is 11.1. The zero-order chi connectivity index (χ0) is 21.8. The predicted octanol–water partition coefficient (Wildman–Crippen LogP) is 1.67. The summed E-state index contributed by atoms with van der Waals surface area (Å²) in [6, 6.07) is 9.96. The van der Waals surface area contributed by atoms with Crippen molar-refractivity contribution in [3.63, 3.8) is 0 Å². The van der Waals surface area contributed by atoms with E-state index < -0.39 is 0 Å². The summed E-state index contributed by atoms with van der Waals surface area (Å²) in [4.78, 5) is 31.4. The Morgan fingerprint density at radius 1 is 0.903 bits per heavy atom. The molecule has 0 spiro atoms. The topological polar surface area (TPSA) is 73.7 Å². The molecular weight excluding hydrogens is 392 g/mol. The lowest BCUT2D eigenvalue weighted by molar-refractivity contribution is -0.132. The van der Waals surface area contributed by atoms with Crippen molar-refractivity contribution in [2.45, 2.75) is 26.7 Å². The predicted molar refractivity (Wildman–Crippen MR) is 120 cm³/mol. The minimum atomic E-state index is -0.0464. The van der Waals surface area contributed by atoms with Crippen LogP contribution in [0.15, 0.2) is 30.3 Å². The van der Waals surface area contributed by atoms with Crippen LogP contribution in [0, 0.1) is 13.8 Å². The van der Waals surface area contributed by atoms with Gasteiger partial charge in [0, 0.05) is 45.3 Å². The fraction of sp³-hybridized carbons (Fsp3) is 0.522. The van der Waals surface area contributed by atoms with Crippen LogP contribution in [-0.4, -0.2) is 88.7 Å². The minimum Gasteiger partial charge on any atom is -0.342 e. The van der Waals surface area contributed by atoms with Crippen LogP contribution in [0.3, 0.4) is 0 Å². The number of benzene rings is 1. The minimum absolute atomic E-state index is 0.0464. The molecule has 1 aromatic carbocycles. The largest absolute Gasteiger partial charge is 0.342 e. The van der Waals surface area contributed by atoms with Crippen molar-refractivity contribution < 1.29 is 9.59 Å². The van der Waals surface area contributed by atoms with Crippen molar-refractivity contribution >= 4 is 17.6 Å². The molecule has 0 aliphatic carbocycles. The highest BCUT2D eigenvalue weighted by Crippen LogP contribution is 2.18. The quantitative estimate of drug-likeness (QED) is 0.764. The van der Waals surface area contributed by atoms with E-state index in [1.807, 2.05) is 49.1 Å². The van der Waals surface area contributed by atoms with Gasteiger partial charge in [0.25, 0.3) is 0 Å². The van der Waals surface area contributed by atoms with Crippen molar-refractivity contribution in [1.82, 2.24) is 24.5 Å². The molecule has 2 amide bonds. The number of aryl methyl sites for hydroxylation is 2. The van der Waals surface area contributed by atoms with Crippen LogP contribution in [0.5, 0.6) is 0 Å². The van der Waals surface area contributed by atoms with Crippen molar-refractivity contribution in [3.05, 3.63) is 41.6 Å². The molecule has 2 fully saturated rings. The Bertz CT molecular complexity index is 909. The normalized spacial score (nSPS) is 17.8. The van der Waals surface area contributed by atoms with Crippen molar-refractivity contribution in [2.24, 2.45) is 0 Å². The van der Waals surface area contributed by atoms with Gasteiger partial charge in [-0.15, -0.1) is 0 Å². The summed E-state index contributed by atoms with van der Waals surface area (Å²) < 4.78 is 1.77. The van der Waals surface area contributed by atoms with Gasteiger partial charge in [-0.05, 0) is 38.8 Å². The van der Waals surface area contributed by atoms with E-state index >= 15 is 0 Å². The van der Waals surface area contributed by atoms with E-state index in [9.17, 15) is 9.59 Å². The second-order valence-electron chi connectivity index (χ2n) is 8.61. The van der Waals surface area contributed by atoms with E-state index in [1.54, 1.807) is 4.68 Å². The van der Waals surface area contributed by atoms with E-state index in [0.717, 1.165) is 63.5 Å². The fourth-order valence-electron chi connectivity index (χ4n) is 4.22. The van der Waals surface area contributed by atoms with Crippen LogP contribution in [0.2, 0.25) is 0 Å². The van der Waals surface area contributed by atoms with E-state index in [2.05, 4.69) is 20.2 Å². The standard InChI is InChI=1S/C23H32N6O2/c1-18-5-7-20(8-6-18)29-21(15-19(2)25-29)24-22(30)16-26-11-13-27(14-12-26)17-23(31)28-9-3-4-10-28/h5-8,15H,3-4,9-14,16-17H2,1-2H3,(H,24,30). The average molecular weight is 425 g/mol. The van der Waals surface area contributed by atoms with Gasteiger partial charge in [0.2, 0.25) is 11.8 Å². The highest BCUT2D eigenvalue weighted by atomic mass is 16.2. The van der Waals surface area contributed by atoms with Crippen LogP contribution in [0.25, 0.3) is 5.69 Å². The number of aromatic nitrogens is 2. The van der Waals surface area contributed by atoms with Gasteiger partial charge in [-0.25, -0.2) is 4.68 Å². The third-order valence-corrected chi connectivity index (χ3v) is 6.03. The molecule has 3 heterocycles. The summed E-state index contributed by atoms with van der Waals surface area (Å²) >= 11 is 0. The molecule has 166 valence electrons. The summed E-state index contributed by atoms with van der Waals surface area (Å²) in [6.07, 6.45) is 2.24. The SMILES string of the molecule is Cc1ccc(-n2nc(C)cc2NC(=O)CN2CCN(CC(=O)N3CCCC3)CC2)cc1. The molecule has 2 aliphatic rings. The Balaban J connectivity index is 1.27. The fourth-order valence-corrected chi connectivity index (χ4v) is 4.22. The number of likely N-dealkylation sites (tertiary alicyclic amines) is 1. The lowest BCUT2D eigenvalue weighted by atomic mass is 10.2. The highest BCUT2D eigenvalue weighted by Gasteiger charge is 2.24. The van der Waals surface area contributed by atoms with Gasteiger partial charge in [-0.2, -0.15) is 5.10 Å². The zero-order valence-electron chi connectivity index (χ0n) is 18.5. The molecule has 1 aromatic heterocycles. The number of nitrogens with one attached hydrogen (secondary N) is 1. The lowest BCUT2D eigenvalue weighted by Crippen LogP contribution is -2.51. The number of carbonyl (C=O) groups excluding carboxylic acids is 2. The van der Waals surface area contributed by atoms with Crippen LogP contribution in [-0.2, 0) is 9.59 Å². The summed E-state index contributed by atoms with van der Waals surface area (Å²) in [5.41, 5.74) is 2.96. The van der Waals surface area contributed by atoms with Gasteiger partial charge in [0.15, 0.2) is 0 Å². The summed E-state index contributed by atoms with van der Waals surface area (Å²) in [6.45, 7) is 9.80. The van der Waals surface area contributed by atoms with Crippen LogP contribution in [0.4, 0.5) is 5.82 Å². The van der Waals surface area contributed by atoms with Gasteiger partial charge in [0.1, 0.15) is 5.82 Å². The van der Waals surface area contributed by atoms with Gasteiger partial charge < -0.3 is 10.2 Å². The average Bonchev–Trinajstić information content (AvgIpc) is 3.40. The Morgan fingerprint density at radius 2 is 1.52 bits per heavy atom. The van der Waals surface area contributed by atoms with Gasteiger partial charge in [-0.3, -0.25) is 19.4 Å². The van der Waals surface area contributed by atoms with E-state index in [0.29, 0.717) is 18.9 Å². The molecule has 2 saturated heterocycles. The van der Waals surface area contributed by atoms with E-state index in [-0.39, 0.29) is 11.8 Å². The molecule has 2 aliphatic heterocycles. The second-order valence-corrected chi connectivity index (χ2v) is 8.61. The molecule has 8 heteroatoms. The molecule has 31 heavy (non-hydrogen) atoms. The number of anilines is 1. The molecule has 0 bridgehead atoms. The molecule has 1 N–H and O–H groups in total. The lowest BCUT2D eigenvalue weighted by Gasteiger charge is -2.34. The van der Waals surface area contributed by atoms with Crippen LogP contribution in [0.1, 0.15) is 24.1 Å². The summed E-state index contributed by atoms with van der Waals surface area (Å²) in [5, 5.41) is 7.54. The van der Waals surface area contributed by atoms with E-state index in [4.69, 9.17) is 0 Å². The van der Waals surface area contributed by atoms with Crippen molar-refractivity contribution in [2.75, 3.05) is 57.7 Å². The number of piperazine rings is 1. The molecule has 8 nitrogen and oxygen atoms in total. The number of nitrogens with zero attached hydrogens (tertiary/aromatic N) is 5. The molecule has 0 unspecified atom stereocenters. The van der Waals surface area contributed by atoms with Crippen LogP contribution < -0.4 is 5.32 Å². The molecule has 2 aromatic rings. The number of rotatable bonds is 6. The van der Waals surface area contributed by atoms with Crippen molar-refractivity contribution in [1.29, 1.82) is 0 Å². The van der Waals surface area contributed by atoms with Gasteiger partial charge >= 0.3 is 0 Å². The van der Waals surface area contributed by atoms with E-state index in [1.165, 1.54) is 5.56 Å². The summed E-state index contributed by atoms with van der Waals surface area (Å²) in [7, 11) is 0. The monoisotopic (exact) mass is 424 g/mol.